The highest BCUT2D eigenvalue weighted by atomic mass is 19.1. The van der Waals surface area contributed by atoms with Crippen molar-refractivity contribution in [2.75, 3.05) is 13.2 Å². The number of carbonyl (C=O) groups excluding carboxylic acids is 1. The van der Waals surface area contributed by atoms with Gasteiger partial charge in [-0.2, -0.15) is 0 Å². The van der Waals surface area contributed by atoms with E-state index >= 15 is 0 Å². The van der Waals surface area contributed by atoms with Gasteiger partial charge in [0, 0.05) is 23.6 Å². The van der Waals surface area contributed by atoms with Crippen molar-refractivity contribution in [3.8, 4) is 5.75 Å². The normalized spacial score (nSPS) is 22.0. The molecular formula is C13H14F2O3. The van der Waals surface area contributed by atoms with Crippen LogP contribution in [-0.4, -0.2) is 19.2 Å². The molecule has 0 fully saturated rings. The van der Waals surface area contributed by atoms with E-state index in [0.29, 0.717) is 0 Å². The average Bonchev–Trinajstić information content (AvgIpc) is 2.29. The van der Waals surface area contributed by atoms with Crippen LogP contribution in [0.2, 0.25) is 0 Å². The molecule has 1 aliphatic heterocycles. The highest BCUT2D eigenvalue weighted by Crippen LogP contribution is 2.39. The van der Waals surface area contributed by atoms with Crippen molar-refractivity contribution in [3.63, 3.8) is 0 Å². The summed E-state index contributed by atoms with van der Waals surface area (Å²) in [5, 5.41) is 0. The van der Waals surface area contributed by atoms with E-state index in [4.69, 9.17) is 9.47 Å². The first-order valence-corrected chi connectivity index (χ1v) is 5.83. The zero-order chi connectivity index (χ0) is 13.3. The van der Waals surface area contributed by atoms with E-state index in [0.717, 1.165) is 12.1 Å². The summed E-state index contributed by atoms with van der Waals surface area (Å²) in [6.45, 7) is 3.91. The van der Waals surface area contributed by atoms with E-state index in [1.807, 2.05) is 0 Å². The van der Waals surface area contributed by atoms with E-state index in [1.54, 1.807) is 13.8 Å². The summed E-state index contributed by atoms with van der Waals surface area (Å²) < 4.78 is 37.1. The molecule has 5 heteroatoms. The first-order chi connectivity index (χ1) is 8.54. The fourth-order valence-electron chi connectivity index (χ4n) is 2.17. The maximum atomic E-state index is 13.8. The van der Waals surface area contributed by atoms with Crippen molar-refractivity contribution in [2.45, 2.75) is 19.8 Å². The van der Waals surface area contributed by atoms with Gasteiger partial charge < -0.3 is 9.47 Å². The molecule has 0 saturated carbocycles. The molecule has 18 heavy (non-hydrogen) atoms. The largest absolute Gasteiger partial charge is 0.493 e. The fourth-order valence-corrected chi connectivity index (χ4v) is 2.17. The van der Waals surface area contributed by atoms with Gasteiger partial charge in [-0.25, -0.2) is 8.78 Å². The summed E-state index contributed by atoms with van der Waals surface area (Å²) in [7, 11) is 0. The van der Waals surface area contributed by atoms with Crippen LogP contribution < -0.4 is 4.74 Å². The molecule has 1 aliphatic rings. The minimum atomic E-state index is -0.769. The number of hydrogen-bond donors (Lipinski definition) is 0. The Bertz CT molecular complexity index is 474. The summed E-state index contributed by atoms with van der Waals surface area (Å²) in [5.41, 5.74) is 0.0913. The Hall–Kier alpha value is -1.65. The number of hydrogen-bond acceptors (Lipinski definition) is 3. The fraction of sp³-hybridized carbons (Fsp3) is 0.462. The van der Waals surface area contributed by atoms with E-state index in [9.17, 15) is 13.6 Å². The van der Waals surface area contributed by atoms with Gasteiger partial charge >= 0.3 is 5.97 Å². The number of carbonyl (C=O) groups is 1. The summed E-state index contributed by atoms with van der Waals surface area (Å²) in [6, 6.07) is 1.85. The van der Waals surface area contributed by atoms with Gasteiger partial charge in [0.25, 0.3) is 0 Å². The predicted molar refractivity (Wildman–Crippen MR) is 60.4 cm³/mol. The lowest BCUT2D eigenvalue weighted by Gasteiger charge is -2.30. The average molecular weight is 256 g/mol. The van der Waals surface area contributed by atoms with Crippen LogP contribution in [0.3, 0.4) is 0 Å². The van der Waals surface area contributed by atoms with Crippen LogP contribution in [0.15, 0.2) is 12.1 Å². The SMILES string of the molecule is CCOC(=O)C1c2c(F)cc(F)cc2OCC1C. The number of benzene rings is 1. The van der Waals surface area contributed by atoms with Crippen molar-refractivity contribution in [1.82, 2.24) is 0 Å². The minimum Gasteiger partial charge on any atom is -0.493 e. The van der Waals surface area contributed by atoms with E-state index < -0.39 is 23.5 Å². The summed E-state index contributed by atoms with van der Waals surface area (Å²) in [4.78, 5) is 11.9. The van der Waals surface area contributed by atoms with Gasteiger partial charge in [-0.1, -0.05) is 6.92 Å². The molecule has 2 atom stereocenters. The second-order valence-corrected chi connectivity index (χ2v) is 4.32. The lowest BCUT2D eigenvalue weighted by Crippen LogP contribution is -2.31. The number of halogens is 2. The molecule has 0 saturated heterocycles. The molecule has 0 radical (unpaired) electrons. The second-order valence-electron chi connectivity index (χ2n) is 4.32. The molecule has 2 rings (SSSR count). The van der Waals surface area contributed by atoms with Crippen LogP contribution in [0, 0.1) is 17.6 Å². The van der Waals surface area contributed by atoms with Crippen LogP contribution in [0.1, 0.15) is 25.3 Å². The Morgan fingerprint density at radius 2 is 2.22 bits per heavy atom. The van der Waals surface area contributed by atoms with Crippen molar-refractivity contribution in [3.05, 3.63) is 29.3 Å². The lowest BCUT2D eigenvalue weighted by molar-refractivity contribution is -0.147. The third kappa shape index (κ3) is 2.17. The van der Waals surface area contributed by atoms with Crippen LogP contribution in [0.4, 0.5) is 8.78 Å². The Morgan fingerprint density at radius 1 is 1.50 bits per heavy atom. The van der Waals surface area contributed by atoms with Crippen LogP contribution >= 0.6 is 0 Å². The molecule has 0 bridgehead atoms. The summed E-state index contributed by atoms with van der Waals surface area (Å²) >= 11 is 0. The maximum absolute atomic E-state index is 13.8. The van der Waals surface area contributed by atoms with Crippen molar-refractivity contribution in [2.24, 2.45) is 5.92 Å². The Kier molecular flexibility index (Phi) is 3.50. The molecule has 2 unspecified atom stereocenters. The standard InChI is InChI=1S/C13H14F2O3/c1-3-17-13(16)11-7(2)6-18-10-5-8(14)4-9(15)12(10)11/h4-5,7,11H,3,6H2,1-2H3. The van der Waals surface area contributed by atoms with E-state index in [2.05, 4.69) is 0 Å². The topological polar surface area (TPSA) is 35.5 Å². The molecule has 0 amide bonds. The molecule has 0 spiro atoms. The Labute approximate surface area is 104 Å². The summed E-state index contributed by atoms with van der Waals surface area (Å²) in [5.74, 6) is -2.85. The Balaban J connectivity index is 2.47. The van der Waals surface area contributed by atoms with E-state index in [-0.39, 0.29) is 30.4 Å². The molecule has 1 aromatic rings. The van der Waals surface area contributed by atoms with Gasteiger partial charge in [0.05, 0.1) is 19.1 Å². The summed E-state index contributed by atoms with van der Waals surface area (Å²) in [6.07, 6.45) is 0. The maximum Gasteiger partial charge on any atom is 0.314 e. The van der Waals surface area contributed by atoms with Crippen molar-refractivity contribution < 1.29 is 23.0 Å². The third-order valence-electron chi connectivity index (χ3n) is 2.98. The molecule has 3 nitrogen and oxygen atoms in total. The van der Waals surface area contributed by atoms with Gasteiger partial charge in [-0.3, -0.25) is 4.79 Å². The van der Waals surface area contributed by atoms with Crippen molar-refractivity contribution >= 4 is 5.97 Å². The van der Waals surface area contributed by atoms with Gasteiger partial charge in [-0.05, 0) is 6.92 Å². The Morgan fingerprint density at radius 3 is 2.89 bits per heavy atom. The van der Waals surface area contributed by atoms with E-state index in [1.165, 1.54) is 0 Å². The predicted octanol–water partition coefficient (Wildman–Crippen LogP) is 2.64. The lowest BCUT2D eigenvalue weighted by atomic mass is 9.85. The highest BCUT2D eigenvalue weighted by Gasteiger charge is 2.37. The third-order valence-corrected chi connectivity index (χ3v) is 2.98. The van der Waals surface area contributed by atoms with Gasteiger partial charge in [-0.15, -0.1) is 0 Å². The second kappa shape index (κ2) is 4.92. The number of fused-ring (bicyclic) bond motifs is 1. The zero-order valence-electron chi connectivity index (χ0n) is 10.2. The quantitative estimate of drug-likeness (QED) is 0.763. The number of rotatable bonds is 2. The first-order valence-electron chi connectivity index (χ1n) is 5.83. The molecular weight excluding hydrogens is 242 g/mol. The molecule has 0 aliphatic carbocycles. The van der Waals surface area contributed by atoms with Crippen LogP contribution in [0.5, 0.6) is 5.75 Å². The molecule has 0 aromatic heterocycles. The monoisotopic (exact) mass is 256 g/mol. The van der Waals surface area contributed by atoms with Gasteiger partial charge in [0.15, 0.2) is 0 Å². The number of ether oxygens (including phenoxy) is 2. The van der Waals surface area contributed by atoms with Crippen LogP contribution in [-0.2, 0) is 9.53 Å². The number of esters is 1. The van der Waals surface area contributed by atoms with Gasteiger partial charge in [0.1, 0.15) is 17.4 Å². The highest BCUT2D eigenvalue weighted by molar-refractivity contribution is 5.80. The van der Waals surface area contributed by atoms with Gasteiger partial charge in [0.2, 0.25) is 0 Å². The molecule has 1 aromatic carbocycles. The first kappa shape index (κ1) is 12.8. The zero-order valence-corrected chi connectivity index (χ0v) is 10.2. The van der Waals surface area contributed by atoms with Crippen LogP contribution in [0.25, 0.3) is 0 Å². The minimum absolute atomic E-state index is 0.0867. The molecule has 1 heterocycles. The molecule has 98 valence electrons. The van der Waals surface area contributed by atoms with Crippen molar-refractivity contribution in [1.29, 1.82) is 0 Å². The molecule has 0 N–H and O–H groups in total. The smallest absolute Gasteiger partial charge is 0.314 e.